The zero-order valence-electron chi connectivity index (χ0n) is 7.88. The number of carbonyl (C=O) groups is 1. The van der Waals surface area contributed by atoms with Crippen LogP contribution in [0.25, 0.3) is 0 Å². The fourth-order valence-corrected chi connectivity index (χ4v) is 1.40. The van der Waals surface area contributed by atoms with Gasteiger partial charge < -0.3 is 10.1 Å². The first-order valence-electron chi connectivity index (χ1n) is 4.73. The van der Waals surface area contributed by atoms with E-state index in [2.05, 4.69) is 5.32 Å². The lowest BCUT2D eigenvalue weighted by Gasteiger charge is -2.10. The van der Waals surface area contributed by atoms with Crippen molar-refractivity contribution in [2.24, 2.45) is 0 Å². The first kappa shape index (κ1) is 10.8. The van der Waals surface area contributed by atoms with E-state index >= 15 is 0 Å². The maximum absolute atomic E-state index is 11.3. The van der Waals surface area contributed by atoms with E-state index in [9.17, 15) is 4.79 Å². The van der Waals surface area contributed by atoms with Crippen LogP contribution in [-0.2, 0) is 9.53 Å². The van der Waals surface area contributed by atoms with Crippen LogP contribution in [0.4, 0.5) is 0 Å². The van der Waals surface area contributed by atoms with E-state index in [1.54, 1.807) is 0 Å². The molecule has 1 aliphatic heterocycles. The van der Waals surface area contributed by atoms with E-state index < -0.39 is 0 Å². The molecule has 0 aromatic rings. The van der Waals surface area contributed by atoms with Gasteiger partial charge in [0.25, 0.3) is 0 Å². The first-order chi connectivity index (χ1) is 6.20. The molecule has 1 fully saturated rings. The largest absolute Gasteiger partial charge is 0.368 e. The molecule has 13 heavy (non-hydrogen) atoms. The summed E-state index contributed by atoms with van der Waals surface area (Å²) >= 11 is 5.74. The van der Waals surface area contributed by atoms with E-state index in [-0.39, 0.29) is 17.4 Å². The maximum Gasteiger partial charge on any atom is 0.249 e. The van der Waals surface area contributed by atoms with Crippen LogP contribution in [0.2, 0.25) is 0 Å². The number of nitrogens with one attached hydrogen (secondary N) is 1. The molecule has 0 bridgehead atoms. The van der Waals surface area contributed by atoms with Gasteiger partial charge in [0.05, 0.1) is 0 Å². The molecule has 1 amide bonds. The average Bonchev–Trinajstić information content (AvgIpc) is 2.55. The van der Waals surface area contributed by atoms with Crippen LogP contribution in [0.5, 0.6) is 0 Å². The lowest BCUT2D eigenvalue weighted by atomic mass is 10.2. The van der Waals surface area contributed by atoms with Gasteiger partial charge in [0.1, 0.15) is 6.10 Å². The van der Waals surface area contributed by atoms with Crippen molar-refractivity contribution in [3.63, 3.8) is 0 Å². The number of carbonyl (C=O) groups excluding carboxylic acids is 1. The Morgan fingerprint density at radius 2 is 2.54 bits per heavy atom. The Labute approximate surface area is 83.8 Å². The number of alkyl halides is 1. The van der Waals surface area contributed by atoms with Crippen LogP contribution >= 0.6 is 11.6 Å². The van der Waals surface area contributed by atoms with Gasteiger partial charge in [-0.05, 0) is 26.2 Å². The standard InChI is InChI=1S/C9H16ClNO2/c1-7(10)4-5-11-9(12)8-3-2-6-13-8/h7-8H,2-6H2,1H3,(H,11,12). The van der Waals surface area contributed by atoms with Gasteiger partial charge in [0, 0.05) is 18.5 Å². The topological polar surface area (TPSA) is 38.3 Å². The molecular weight excluding hydrogens is 190 g/mol. The molecule has 1 rings (SSSR count). The zero-order valence-corrected chi connectivity index (χ0v) is 8.64. The minimum Gasteiger partial charge on any atom is -0.368 e. The third kappa shape index (κ3) is 3.96. The highest BCUT2D eigenvalue weighted by Crippen LogP contribution is 2.11. The molecule has 1 heterocycles. The van der Waals surface area contributed by atoms with Crippen LogP contribution < -0.4 is 5.32 Å². The Kier molecular flexibility index (Phi) is 4.53. The molecule has 0 aromatic carbocycles. The summed E-state index contributed by atoms with van der Waals surface area (Å²) in [5, 5.41) is 2.92. The summed E-state index contributed by atoms with van der Waals surface area (Å²) in [5.74, 6) is 0.00909. The Hall–Kier alpha value is -0.280. The fraction of sp³-hybridized carbons (Fsp3) is 0.889. The smallest absolute Gasteiger partial charge is 0.249 e. The molecule has 0 spiro atoms. The molecule has 0 aromatic heterocycles. The predicted molar refractivity (Wildman–Crippen MR) is 51.9 cm³/mol. The molecule has 0 radical (unpaired) electrons. The van der Waals surface area contributed by atoms with Gasteiger partial charge in [-0.1, -0.05) is 0 Å². The SMILES string of the molecule is CC(Cl)CCNC(=O)C1CCCO1. The molecule has 1 saturated heterocycles. The van der Waals surface area contributed by atoms with Crippen molar-refractivity contribution in [1.82, 2.24) is 5.32 Å². The second-order valence-electron chi connectivity index (χ2n) is 3.36. The summed E-state index contributed by atoms with van der Waals surface area (Å²) in [4.78, 5) is 11.3. The predicted octanol–water partition coefficient (Wildman–Crippen LogP) is 1.30. The molecular formula is C9H16ClNO2. The molecule has 1 aliphatic rings. The molecule has 76 valence electrons. The maximum atomic E-state index is 11.3. The molecule has 1 N–H and O–H groups in total. The van der Waals surface area contributed by atoms with E-state index in [1.807, 2.05) is 6.92 Å². The van der Waals surface area contributed by atoms with Crippen LogP contribution in [0, 0.1) is 0 Å². The van der Waals surface area contributed by atoms with Crippen molar-refractivity contribution < 1.29 is 9.53 Å². The van der Waals surface area contributed by atoms with E-state index in [0.717, 1.165) is 19.3 Å². The third-order valence-corrected chi connectivity index (χ3v) is 2.28. The summed E-state index contributed by atoms with van der Waals surface area (Å²) in [6.07, 6.45) is 2.43. The Bertz CT molecular complexity index is 167. The van der Waals surface area contributed by atoms with Crippen LogP contribution in [0.1, 0.15) is 26.2 Å². The monoisotopic (exact) mass is 205 g/mol. The molecule has 0 aliphatic carbocycles. The Morgan fingerprint density at radius 3 is 3.08 bits per heavy atom. The van der Waals surface area contributed by atoms with Crippen molar-refractivity contribution >= 4 is 17.5 Å². The van der Waals surface area contributed by atoms with Gasteiger partial charge in [0.15, 0.2) is 0 Å². The molecule has 2 unspecified atom stereocenters. The number of halogens is 1. The highest BCUT2D eigenvalue weighted by atomic mass is 35.5. The van der Waals surface area contributed by atoms with E-state index in [4.69, 9.17) is 16.3 Å². The van der Waals surface area contributed by atoms with Crippen LogP contribution in [-0.4, -0.2) is 30.5 Å². The quantitative estimate of drug-likeness (QED) is 0.703. The van der Waals surface area contributed by atoms with Crippen molar-refractivity contribution in [2.45, 2.75) is 37.7 Å². The Morgan fingerprint density at radius 1 is 1.77 bits per heavy atom. The zero-order chi connectivity index (χ0) is 9.68. The average molecular weight is 206 g/mol. The first-order valence-corrected chi connectivity index (χ1v) is 5.17. The number of hydrogen-bond acceptors (Lipinski definition) is 2. The summed E-state index contributed by atoms with van der Waals surface area (Å²) in [5.41, 5.74) is 0. The summed E-state index contributed by atoms with van der Waals surface area (Å²) < 4.78 is 5.23. The highest BCUT2D eigenvalue weighted by Gasteiger charge is 2.22. The minimum atomic E-state index is -0.217. The lowest BCUT2D eigenvalue weighted by Crippen LogP contribution is -2.35. The highest BCUT2D eigenvalue weighted by molar-refractivity contribution is 6.20. The van der Waals surface area contributed by atoms with Gasteiger partial charge in [-0.15, -0.1) is 11.6 Å². The van der Waals surface area contributed by atoms with E-state index in [0.29, 0.717) is 13.2 Å². The number of amides is 1. The normalized spacial score (nSPS) is 24.3. The van der Waals surface area contributed by atoms with Gasteiger partial charge in [-0.25, -0.2) is 0 Å². The molecule has 2 atom stereocenters. The van der Waals surface area contributed by atoms with E-state index in [1.165, 1.54) is 0 Å². The van der Waals surface area contributed by atoms with Crippen LogP contribution in [0.3, 0.4) is 0 Å². The van der Waals surface area contributed by atoms with Crippen molar-refractivity contribution in [2.75, 3.05) is 13.2 Å². The molecule has 3 nitrogen and oxygen atoms in total. The van der Waals surface area contributed by atoms with Crippen molar-refractivity contribution in [3.8, 4) is 0 Å². The lowest BCUT2D eigenvalue weighted by molar-refractivity contribution is -0.130. The summed E-state index contributed by atoms with van der Waals surface area (Å²) in [6.45, 7) is 3.27. The summed E-state index contributed by atoms with van der Waals surface area (Å²) in [7, 11) is 0. The van der Waals surface area contributed by atoms with Crippen molar-refractivity contribution in [1.29, 1.82) is 0 Å². The molecule has 0 saturated carbocycles. The van der Waals surface area contributed by atoms with Crippen molar-refractivity contribution in [3.05, 3.63) is 0 Å². The van der Waals surface area contributed by atoms with Crippen LogP contribution in [0.15, 0.2) is 0 Å². The molecule has 4 heteroatoms. The number of ether oxygens (including phenoxy) is 1. The fourth-order valence-electron chi connectivity index (χ4n) is 1.29. The summed E-state index contributed by atoms with van der Waals surface area (Å²) in [6, 6.07) is 0. The van der Waals surface area contributed by atoms with Gasteiger partial charge >= 0.3 is 0 Å². The van der Waals surface area contributed by atoms with Gasteiger partial charge in [0.2, 0.25) is 5.91 Å². The number of rotatable bonds is 4. The minimum absolute atomic E-state index is 0.00909. The van der Waals surface area contributed by atoms with Gasteiger partial charge in [-0.3, -0.25) is 4.79 Å². The third-order valence-electron chi connectivity index (χ3n) is 2.06. The second kappa shape index (κ2) is 5.45. The van der Waals surface area contributed by atoms with Gasteiger partial charge in [-0.2, -0.15) is 0 Å². The number of hydrogen-bond donors (Lipinski definition) is 1. The second-order valence-corrected chi connectivity index (χ2v) is 4.11. The Balaban J connectivity index is 2.10.